The van der Waals surface area contributed by atoms with E-state index in [1.165, 1.54) is 16.0 Å². The fraction of sp³-hybridized carbons (Fsp3) is 0.575. The van der Waals surface area contributed by atoms with Gasteiger partial charge in [-0.15, -0.1) is 0 Å². The van der Waals surface area contributed by atoms with Gasteiger partial charge in [0.15, 0.2) is 0 Å². The van der Waals surface area contributed by atoms with Crippen LogP contribution in [0.3, 0.4) is 0 Å². The van der Waals surface area contributed by atoms with Crippen molar-refractivity contribution >= 4 is 26.0 Å². The van der Waals surface area contributed by atoms with Crippen LogP contribution in [-0.2, 0) is 19.1 Å². The highest BCUT2D eigenvalue weighted by molar-refractivity contribution is 6.79. The van der Waals surface area contributed by atoms with Crippen molar-refractivity contribution < 1.29 is 23.9 Å². The second-order valence-corrected chi connectivity index (χ2v) is 22.2. The molecule has 7 heteroatoms. The first-order chi connectivity index (χ1) is 22.3. The molecule has 1 saturated heterocycles. The Kier molecular flexibility index (Phi) is 8.09. The van der Waals surface area contributed by atoms with E-state index in [-0.39, 0.29) is 71.2 Å². The van der Waals surface area contributed by atoms with Gasteiger partial charge in [0.2, 0.25) is 5.91 Å². The monoisotopic (exact) mass is 653 g/mol. The lowest BCUT2D eigenvalue weighted by atomic mass is 9.68. The number of amides is 2. The maximum atomic E-state index is 14.9. The fourth-order valence-corrected chi connectivity index (χ4v) is 13.5. The van der Waals surface area contributed by atoms with Crippen molar-refractivity contribution in [3.63, 3.8) is 0 Å². The number of nitrogens with zero attached hydrogens (tertiary/aromatic N) is 1. The van der Waals surface area contributed by atoms with Gasteiger partial charge in [-0.1, -0.05) is 114 Å². The molecule has 3 saturated carbocycles. The van der Waals surface area contributed by atoms with Crippen molar-refractivity contribution in [2.75, 3.05) is 13.2 Å². The van der Waals surface area contributed by atoms with Gasteiger partial charge in [-0.25, -0.2) is 14.5 Å². The summed E-state index contributed by atoms with van der Waals surface area (Å²) in [4.78, 5) is 43.2. The van der Waals surface area contributed by atoms with Gasteiger partial charge < -0.3 is 9.47 Å². The zero-order valence-electron chi connectivity index (χ0n) is 28.9. The average Bonchev–Trinajstić information content (AvgIpc) is 3.78. The number of fused-ring (bicyclic) bond motifs is 3. The van der Waals surface area contributed by atoms with Crippen LogP contribution in [0.2, 0.25) is 25.2 Å². The van der Waals surface area contributed by atoms with E-state index >= 15 is 0 Å². The molecule has 2 amide bonds. The van der Waals surface area contributed by atoms with E-state index in [0.717, 1.165) is 32.1 Å². The summed E-state index contributed by atoms with van der Waals surface area (Å²) >= 11 is 0. The number of carbonyl (C=O) groups is 3. The Morgan fingerprint density at radius 3 is 2.15 bits per heavy atom. The molecule has 2 bridgehead atoms. The minimum atomic E-state index is -2.17. The second kappa shape index (κ2) is 11.7. The van der Waals surface area contributed by atoms with Crippen molar-refractivity contribution in [2.45, 2.75) is 90.1 Å². The van der Waals surface area contributed by atoms with Gasteiger partial charge in [0.25, 0.3) is 0 Å². The summed E-state index contributed by atoms with van der Waals surface area (Å²) in [7, 11) is -2.17. The molecule has 0 spiro atoms. The topological polar surface area (TPSA) is 72.9 Å². The molecule has 5 aliphatic rings. The highest BCUT2D eigenvalue weighted by Gasteiger charge is 2.69. The van der Waals surface area contributed by atoms with Crippen LogP contribution in [-0.4, -0.2) is 50.2 Å². The van der Waals surface area contributed by atoms with Crippen LogP contribution in [0.4, 0.5) is 4.79 Å². The maximum Gasteiger partial charge on any atom is 0.416 e. The number of allylic oxidation sites excluding steroid dienone is 1. The number of ether oxygens (including phenoxy) is 2. The Bertz CT molecular complexity index is 1520. The molecule has 2 aromatic rings. The van der Waals surface area contributed by atoms with E-state index in [9.17, 15) is 14.4 Å². The molecule has 47 heavy (non-hydrogen) atoms. The Hall–Kier alpha value is -3.19. The van der Waals surface area contributed by atoms with E-state index in [0.29, 0.717) is 11.5 Å². The molecular formula is C40H51NO5Si. The van der Waals surface area contributed by atoms with Crippen molar-refractivity contribution in [1.82, 2.24) is 4.90 Å². The molecule has 4 aliphatic carbocycles. The van der Waals surface area contributed by atoms with E-state index in [1.807, 2.05) is 0 Å². The summed E-state index contributed by atoms with van der Waals surface area (Å²) in [5.74, 6) is 0.0550. The minimum absolute atomic E-state index is 0.0191. The van der Waals surface area contributed by atoms with E-state index in [4.69, 9.17) is 9.47 Å². The van der Waals surface area contributed by atoms with Crippen molar-refractivity contribution in [1.29, 1.82) is 0 Å². The summed E-state index contributed by atoms with van der Waals surface area (Å²) in [6.45, 7) is 14.4. The predicted octanol–water partition coefficient (Wildman–Crippen LogP) is 8.46. The zero-order valence-corrected chi connectivity index (χ0v) is 29.9. The Morgan fingerprint density at radius 2 is 1.57 bits per heavy atom. The SMILES string of the molecule is CC1(C)[C@@H]2CC[C@@]1(C)[C@H](OC(=O)C1=C[C@H]3CCC[C@@H]3[C@@H](C(=O)N3CCOC3=O)[C@H]1[Si](C)(C)C)[C@@H]2C(c1ccccc1)c1ccccc1. The lowest BCUT2D eigenvalue weighted by Crippen LogP contribution is -2.51. The summed E-state index contributed by atoms with van der Waals surface area (Å²) < 4.78 is 12.2. The molecule has 250 valence electrons. The number of carbonyl (C=O) groups excluding carboxylic acids is 3. The van der Waals surface area contributed by atoms with Gasteiger partial charge in [0.05, 0.1) is 14.6 Å². The maximum absolute atomic E-state index is 14.9. The summed E-state index contributed by atoms with van der Waals surface area (Å²) in [5.41, 5.74) is 2.77. The highest BCUT2D eigenvalue weighted by atomic mass is 28.3. The van der Waals surface area contributed by atoms with Crippen LogP contribution < -0.4 is 0 Å². The molecule has 0 N–H and O–H groups in total. The lowest BCUT2D eigenvalue weighted by molar-refractivity contribution is -0.156. The van der Waals surface area contributed by atoms with Crippen molar-refractivity contribution in [2.24, 2.45) is 40.4 Å². The first-order valence-electron chi connectivity index (χ1n) is 17.9. The molecule has 0 unspecified atom stereocenters. The number of hydrogen-bond acceptors (Lipinski definition) is 5. The molecule has 8 atom stereocenters. The van der Waals surface area contributed by atoms with Gasteiger partial charge in [0.1, 0.15) is 12.7 Å². The third kappa shape index (κ3) is 5.14. The Labute approximate surface area is 281 Å². The third-order valence-electron chi connectivity index (χ3n) is 13.4. The standard InChI is InChI=1S/C40H51NO5Si/c1-39(2)30-20-21-40(39,3)35(33(30)31(25-14-9-7-10-15-25)26-16-11-8-12-17-26)46-37(43)29-24-27-18-13-19-28(27)32(34(29)47(4,5)6)36(42)41-22-23-45-38(41)44/h7-12,14-17,24,27-28,30-35H,13,18-23H2,1-6H3/t27-,28+,30-,32-,33+,34+,35-,40+/m1/s1. The predicted molar refractivity (Wildman–Crippen MR) is 185 cm³/mol. The molecule has 4 fully saturated rings. The van der Waals surface area contributed by atoms with Gasteiger partial charge in [-0.3, -0.25) is 4.79 Å². The minimum Gasteiger partial charge on any atom is -0.458 e. The lowest BCUT2D eigenvalue weighted by Gasteiger charge is -2.46. The smallest absolute Gasteiger partial charge is 0.416 e. The molecule has 6 nitrogen and oxygen atoms in total. The number of esters is 1. The summed E-state index contributed by atoms with van der Waals surface area (Å²) in [6.07, 6.45) is 6.44. The molecular weight excluding hydrogens is 603 g/mol. The second-order valence-electron chi connectivity index (χ2n) is 16.8. The quantitative estimate of drug-likeness (QED) is 0.222. The molecule has 1 aliphatic heterocycles. The number of cyclic esters (lactones) is 1. The van der Waals surface area contributed by atoms with Gasteiger partial charge in [0, 0.05) is 28.7 Å². The normalized spacial score (nSPS) is 34.3. The zero-order chi connectivity index (χ0) is 33.3. The molecule has 1 heterocycles. The fourth-order valence-electron chi connectivity index (χ4n) is 10.9. The number of benzene rings is 2. The first-order valence-corrected chi connectivity index (χ1v) is 21.4. The van der Waals surface area contributed by atoms with Crippen LogP contribution in [0, 0.1) is 40.4 Å². The van der Waals surface area contributed by atoms with Gasteiger partial charge in [-0.2, -0.15) is 0 Å². The largest absolute Gasteiger partial charge is 0.458 e. The van der Waals surface area contributed by atoms with Crippen LogP contribution >= 0.6 is 0 Å². The Morgan fingerprint density at radius 1 is 0.936 bits per heavy atom. The number of rotatable bonds is 7. The van der Waals surface area contributed by atoms with E-state index in [1.54, 1.807) is 0 Å². The molecule has 2 aromatic carbocycles. The van der Waals surface area contributed by atoms with Crippen LogP contribution in [0.1, 0.15) is 69.9 Å². The highest BCUT2D eigenvalue weighted by Crippen LogP contribution is 2.71. The van der Waals surface area contributed by atoms with E-state index in [2.05, 4.69) is 107 Å². The number of imide groups is 1. The third-order valence-corrected chi connectivity index (χ3v) is 15.9. The summed E-state index contributed by atoms with van der Waals surface area (Å²) in [6, 6.07) is 21.5. The van der Waals surface area contributed by atoms with Gasteiger partial charge >= 0.3 is 12.1 Å². The van der Waals surface area contributed by atoms with Crippen LogP contribution in [0.5, 0.6) is 0 Å². The van der Waals surface area contributed by atoms with Crippen molar-refractivity contribution in [3.05, 3.63) is 83.4 Å². The molecule has 7 rings (SSSR count). The summed E-state index contributed by atoms with van der Waals surface area (Å²) in [5, 5.41) is 0. The first kappa shape index (κ1) is 32.4. The number of hydrogen-bond donors (Lipinski definition) is 0. The molecule has 0 radical (unpaired) electrons. The molecule has 0 aromatic heterocycles. The average molecular weight is 654 g/mol. The van der Waals surface area contributed by atoms with Crippen molar-refractivity contribution in [3.8, 4) is 0 Å². The van der Waals surface area contributed by atoms with Crippen LogP contribution in [0.15, 0.2) is 72.3 Å². The van der Waals surface area contributed by atoms with E-state index < -0.39 is 20.1 Å². The van der Waals surface area contributed by atoms with Gasteiger partial charge in [-0.05, 0) is 65.5 Å². The Balaban J connectivity index is 1.30. The van der Waals surface area contributed by atoms with Crippen LogP contribution in [0.25, 0.3) is 0 Å².